The molecule has 0 saturated carbocycles. The van der Waals surface area contributed by atoms with E-state index in [1.807, 2.05) is 6.07 Å². The summed E-state index contributed by atoms with van der Waals surface area (Å²) in [7, 11) is 0. The molecule has 0 aliphatic heterocycles. The molecule has 0 aliphatic carbocycles. The molecule has 0 amide bonds. The summed E-state index contributed by atoms with van der Waals surface area (Å²) in [6.45, 7) is 9.30. The topological polar surface area (TPSA) is 75.1 Å². The lowest BCUT2D eigenvalue weighted by atomic mass is 9.88. The number of carboxylic acids is 1. The van der Waals surface area contributed by atoms with E-state index in [1.165, 1.54) is 0 Å². The molecule has 5 nitrogen and oxygen atoms in total. The SMILES string of the molecule is CC(C)c1cc(NCCC(CCC(=O)O)C(C)C)ncn1. The van der Waals surface area contributed by atoms with Gasteiger partial charge in [-0.3, -0.25) is 4.79 Å². The van der Waals surface area contributed by atoms with E-state index in [-0.39, 0.29) is 6.42 Å². The van der Waals surface area contributed by atoms with E-state index >= 15 is 0 Å². The average molecular weight is 293 g/mol. The molecule has 1 rings (SSSR count). The summed E-state index contributed by atoms with van der Waals surface area (Å²) in [6.07, 6.45) is 3.51. The van der Waals surface area contributed by atoms with Crippen LogP contribution in [0.5, 0.6) is 0 Å². The van der Waals surface area contributed by atoms with E-state index in [9.17, 15) is 4.79 Å². The normalized spacial score (nSPS) is 12.7. The molecule has 0 saturated heterocycles. The first-order chi connectivity index (χ1) is 9.90. The minimum atomic E-state index is -0.717. The zero-order chi connectivity index (χ0) is 15.8. The van der Waals surface area contributed by atoms with E-state index in [0.29, 0.717) is 17.8 Å². The van der Waals surface area contributed by atoms with Gasteiger partial charge >= 0.3 is 5.97 Å². The van der Waals surface area contributed by atoms with Gasteiger partial charge in [0.15, 0.2) is 0 Å². The Hall–Kier alpha value is -1.65. The Morgan fingerprint density at radius 1 is 1.24 bits per heavy atom. The van der Waals surface area contributed by atoms with Gasteiger partial charge in [0, 0.05) is 24.7 Å². The van der Waals surface area contributed by atoms with Crippen LogP contribution in [0.15, 0.2) is 12.4 Å². The van der Waals surface area contributed by atoms with Crippen LogP contribution in [0.2, 0.25) is 0 Å². The van der Waals surface area contributed by atoms with Crippen molar-refractivity contribution < 1.29 is 9.90 Å². The van der Waals surface area contributed by atoms with Crippen LogP contribution in [-0.4, -0.2) is 27.6 Å². The monoisotopic (exact) mass is 293 g/mol. The quantitative estimate of drug-likeness (QED) is 0.728. The summed E-state index contributed by atoms with van der Waals surface area (Å²) in [5.41, 5.74) is 1.03. The highest BCUT2D eigenvalue weighted by Gasteiger charge is 2.14. The number of hydrogen-bond acceptors (Lipinski definition) is 4. The highest BCUT2D eigenvalue weighted by Crippen LogP contribution is 2.21. The van der Waals surface area contributed by atoms with Crippen molar-refractivity contribution in [2.24, 2.45) is 11.8 Å². The van der Waals surface area contributed by atoms with Gasteiger partial charge in [-0.05, 0) is 30.6 Å². The van der Waals surface area contributed by atoms with Gasteiger partial charge in [-0.2, -0.15) is 0 Å². The van der Waals surface area contributed by atoms with Gasteiger partial charge in [-0.1, -0.05) is 27.7 Å². The largest absolute Gasteiger partial charge is 0.481 e. The summed E-state index contributed by atoms with van der Waals surface area (Å²) in [4.78, 5) is 19.2. The highest BCUT2D eigenvalue weighted by atomic mass is 16.4. The first kappa shape index (κ1) is 17.4. The lowest BCUT2D eigenvalue weighted by molar-refractivity contribution is -0.137. The average Bonchev–Trinajstić information content (AvgIpc) is 2.42. The van der Waals surface area contributed by atoms with Crippen LogP contribution < -0.4 is 5.32 Å². The van der Waals surface area contributed by atoms with E-state index in [4.69, 9.17) is 5.11 Å². The smallest absolute Gasteiger partial charge is 0.303 e. The molecular weight excluding hydrogens is 266 g/mol. The molecule has 1 aromatic rings. The van der Waals surface area contributed by atoms with Crippen molar-refractivity contribution in [3.63, 3.8) is 0 Å². The maximum atomic E-state index is 10.7. The molecule has 1 atom stereocenters. The van der Waals surface area contributed by atoms with Crippen molar-refractivity contribution in [3.05, 3.63) is 18.1 Å². The third-order valence-electron chi connectivity index (χ3n) is 3.77. The van der Waals surface area contributed by atoms with Crippen molar-refractivity contribution in [2.75, 3.05) is 11.9 Å². The Kier molecular flexibility index (Phi) is 7.12. The second kappa shape index (κ2) is 8.60. The van der Waals surface area contributed by atoms with Gasteiger partial charge in [0.25, 0.3) is 0 Å². The summed E-state index contributed by atoms with van der Waals surface area (Å²) in [5, 5.41) is 12.1. The van der Waals surface area contributed by atoms with E-state index in [1.54, 1.807) is 6.33 Å². The van der Waals surface area contributed by atoms with Crippen LogP contribution in [0, 0.1) is 11.8 Å². The van der Waals surface area contributed by atoms with Crippen LogP contribution in [0.4, 0.5) is 5.82 Å². The van der Waals surface area contributed by atoms with Crippen LogP contribution in [0.25, 0.3) is 0 Å². The van der Waals surface area contributed by atoms with Crippen molar-refractivity contribution in [1.29, 1.82) is 0 Å². The minimum absolute atomic E-state index is 0.244. The zero-order valence-electron chi connectivity index (χ0n) is 13.5. The Morgan fingerprint density at radius 3 is 2.52 bits per heavy atom. The van der Waals surface area contributed by atoms with Crippen LogP contribution in [-0.2, 0) is 4.79 Å². The Balaban J connectivity index is 2.46. The summed E-state index contributed by atoms with van der Waals surface area (Å²) >= 11 is 0. The Bertz CT molecular complexity index is 447. The van der Waals surface area contributed by atoms with Crippen molar-refractivity contribution in [2.45, 2.75) is 52.9 Å². The molecule has 0 radical (unpaired) electrons. The van der Waals surface area contributed by atoms with Crippen molar-refractivity contribution in [1.82, 2.24) is 9.97 Å². The molecule has 0 spiro atoms. The lowest BCUT2D eigenvalue weighted by Crippen LogP contribution is -2.16. The molecule has 0 bridgehead atoms. The lowest BCUT2D eigenvalue weighted by Gasteiger charge is -2.20. The fourth-order valence-electron chi connectivity index (χ4n) is 2.29. The molecular formula is C16H27N3O2. The van der Waals surface area contributed by atoms with Crippen LogP contribution >= 0.6 is 0 Å². The minimum Gasteiger partial charge on any atom is -0.481 e. The molecule has 1 heterocycles. The maximum absolute atomic E-state index is 10.7. The highest BCUT2D eigenvalue weighted by molar-refractivity contribution is 5.66. The maximum Gasteiger partial charge on any atom is 0.303 e. The second-order valence-electron chi connectivity index (χ2n) is 6.13. The standard InChI is InChI=1S/C16H27N3O2/c1-11(2)13(5-6-16(20)21)7-8-17-15-9-14(12(3)4)18-10-19-15/h9-13H,5-8H2,1-4H3,(H,20,21)(H,17,18,19). The number of carboxylic acid groups (broad SMARTS) is 1. The predicted octanol–water partition coefficient (Wildman–Crippen LogP) is 3.54. The van der Waals surface area contributed by atoms with Gasteiger partial charge in [-0.25, -0.2) is 9.97 Å². The molecule has 2 N–H and O–H groups in total. The van der Waals surface area contributed by atoms with Gasteiger partial charge in [0.05, 0.1) is 0 Å². The molecule has 1 unspecified atom stereocenters. The van der Waals surface area contributed by atoms with Crippen molar-refractivity contribution >= 4 is 11.8 Å². The Morgan fingerprint density at radius 2 is 1.95 bits per heavy atom. The van der Waals surface area contributed by atoms with E-state index < -0.39 is 5.97 Å². The number of nitrogens with one attached hydrogen (secondary N) is 1. The van der Waals surface area contributed by atoms with Gasteiger partial charge < -0.3 is 10.4 Å². The third-order valence-corrected chi connectivity index (χ3v) is 3.77. The van der Waals surface area contributed by atoms with Crippen LogP contribution in [0.1, 0.15) is 58.6 Å². The van der Waals surface area contributed by atoms with Crippen molar-refractivity contribution in [3.8, 4) is 0 Å². The number of carbonyl (C=O) groups is 1. The Labute approximate surface area is 127 Å². The molecule has 118 valence electrons. The van der Waals surface area contributed by atoms with Gasteiger partial charge in [0.2, 0.25) is 0 Å². The first-order valence-electron chi connectivity index (χ1n) is 7.67. The van der Waals surface area contributed by atoms with E-state index in [2.05, 4.69) is 43.0 Å². The zero-order valence-corrected chi connectivity index (χ0v) is 13.5. The summed E-state index contributed by atoms with van der Waals surface area (Å²) in [5.74, 6) is 1.41. The number of aliphatic carboxylic acids is 1. The first-order valence-corrected chi connectivity index (χ1v) is 7.67. The molecule has 1 aromatic heterocycles. The number of aromatic nitrogens is 2. The van der Waals surface area contributed by atoms with Gasteiger partial charge in [0.1, 0.15) is 12.1 Å². The number of anilines is 1. The molecule has 0 aliphatic rings. The fraction of sp³-hybridized carbons (Fsp3) is 0.688. The van der Waals surface area contributed by atoms with E-state index in [0.717, 1.165) is 30.9 Å². The summed E-state index contributed by atoms with van der Waals surface area (Å²) < 4.78 is 0. The number of hydrogen-bond donors (Lipinski definition) is 2. The third kappa shape index (κ3) is 6.56. The fourth-order valence-corrected chi connectivity index (χ4v) is 2.29. The summed E-state index contributed by atoms with van der Waals surface area (Å²) in [6, 6.07) is 1.98. The predicted molar refractivity (Wildman–Crippen MR) is 84.4 cm³/mol. The molecule has 0 aromatic carbocycles. The number of nitrogens with zero attached hydrogens (tertiary/aromatic N) is 2. The number of rotatable bonds is 9. The van der Waals surface area contributed by atoms with Crippen LogP contribution in [0.3, 0.4) is 0 Å². The second-order valence-corrected chi connectivity index (χ2v) is 6.13. The molecule has 5 heteroatoms. The molecule has 21 heavy (non-hydrogen) atoms. The van der Waals surface area contributed by atoms with Gasteiger partial charge in [-0.15, -0.1) is 0 Å². The molecule has 0 fully saturated rings.